The number of benzene rings is 2. The van der Waals surface area contributed by atoms with E-state index in [4.69, 9.17) is 10.4 Å². The van der Waals surface area contributed by atoms with Crippen LogP contribution in [0.25, 0.3) is 11.3 Å². The van der Waals surface area contributed by atoms with Gasteiger partial charge in [-0.05, 0) is 54.3 Å². The van der Waals surface area contributed by atoms with E-state index in [2.05, 4.69) is 4.98 Å². The molecule has 0 saturated carbocycles. The van der Waals surface area contributed by atoms with Crippen LogP contribution in [0.1, 0.15) is 22.4 Å². The van der Waals surface area contributed by atoms with E-state index >= 15 is 0 Å². The Hall–Kier alpha value is -3.59. The summed E-state index contributed by atoms with van der Waals surface area (Å²) in [5.41, 5.74) is 2.70. The van der Waals surface area contributed by atoms with Crippen LogP contribution in [-0.4, -0.2) is 16.1 Å². The summed E-state index contributed by atoms with van der Waals surface area (Å²) in [5, 5.41) is 17.6. The molecule has 0 amide bonds. The molecule has 140 valence electrons. The zero-order chi connectivity index (χ0) is 20.1. The van der Waals surface area contributed by atoms with Gasteiger partial charge in [-0.25, -0.2) is 8.78 Å². The first-order valence-electron chi connectivity index (χ1n) is 8.61. The molecule has 0 radical (unpaired) electrons. The molecular formula is C22H16F2N2O2. The highest BCUT2D eigenvalue weighted by atomic mass is 19.1. The molecule has 0 aliphatic rings. The number of nitrogens with zero attached hydrogens (tertiary/aromatic N) is 2. The molecule has 2 aromatic carbocycles. The van der Waals surface area contributed by atoms with E-state index in [9.17, 15) is 13.6 Å². The number of aromatic nitrogens is 1. The van der Waals surface area contributed by atoms with Crippen molar-refractivity contribution < 1.29 is 18.7 Å². The third-order valence-corrected chi connectivity index (χ3v) is 4.33. The second-order valence-corrected chi connectivity index (χ2v) is 6.31. The third kappa shape index (κ3) is 4.57. The van der Waals surface area contributed by atoms with Crippen LogP contribution in [0.5, 0.6) is 0 Å². The maximum Gasteiger partial charge on any atom is 0.307 e. The monoisotopic (exact) mass is 378 g/mol. The number of carboxylic acids is 1. The molecule has 0 aliphatic carbocycles. The number of nitriles is 1. The van der Waals surface area contributed by atoms with Gasteiger partial charge in [-0.1, -0.05) is 24.3 Å². The van der Waals surface area contributed by atoms with E-state index in [0.29, 0.717) is 29.7 Å². The normalized spacial score (nSPS) is 10.5. The lowest BCUT2D eigenvalue weighted by Gasteiger charge is -2.08. The second-order valence-electron chi connectivity index (χ2n) is 6.31. The molecule has 1 aromatic heterocycles. The molecule has 0 spiro atoms. The van der Waals surface area contributed by atoms with Crippen molar-refractivity contribution in [3.05, 3.63) is 88.6 Å². The molecule has 0 atom stereocenters. The zero-order valence-corrected chi connectivity index (χ0v) is 14.8. The van der Waals surface area contributed by atoms with Gasteiger partial charge in [-0.2, -0.15) is 5.26 Å². The lowest BCUT2D eigenvalue weighted by Crippen LogP contribution is -2.03. The summed E-state index contributed by atoms with van der Waals surface area (Å²) in [6.07, 6.45) is 0.520. The van der Waals surface area contributed by atoms with Crippen LogP contribution in [0.2, 0.25) is 0 Å². The average Bonchev–Trinajstić information content (AvgIpc) is 2.68. The number of hydrogen-bond donors (Lipinski definition) is 1. The first kappa shape index (κ1) is 19.2. The fraction of sp³-hybridized carbons (Fsp3) is 0.136. The van der Waals surface area contributed by atoms with Gasteiger partial charge in [-0.3, -0.25) is 9.78 Å². The lowest BCUT2D eigenvalue weighted by molar-refractivity contribution is -0.136. The minimum atomic E-state index is -1.10. The summed E-state index contributed by atoms with van der Waals surface area (Å²) in [4.78, 5) is 15.2. The van der Waals surface area contributed by atoms with Crippen molar-refractivity contribution in [2.45, 2.75) is 19.3 Å². The molecular weight excluding hydrogens is 362 g/mol. The van der Waals surface area contributed by atoms with Crippen molar-refractivity contribution in [1.82, 2.24) is 4.98 Å². The molecule has 28 heavy (non-hydrogen) atoms. The quantitative estimate of drug-likeness (QED) is 0.694. The van der Waals surface area contributed by atoms with Crippen molar-refractivity contribution in [3.63, 3.8) is 0 Å². The summed E-state index contributed by atoms with van der Waals surface area (Å²) < 4.78 is 28.1. The molecule has 0 saturated heterocycles. The number of carbonyl (C=O) groups is 1. The Morgan fingerprint density at radius 1 is 1.00 bits per heavy atom. The van der Waals surface area contributed by atoms with Gasteiger partial charge in [0.1, 0.15) is 11.6 Å². The van der Waals surface area contributed by atoms with Gasteiger partial charge in [0, 0.05) is 11.3 Å². The van der Waals surface area contributed by atoms with E-state index in [1.165, 1.54) is 18.2 Å². The summed E-state index contributed by atoms with van der Waals surface area (Å²) in [5.74, 6) is -2.11. The smallest absolute Gasteiger partial charge is 0.307 e. The first-order valence-corrected chi connectivity index (χ1v) is 8.61. The van der Waals surface area contributed by atoms with Crippen LogP contribution in [-0.2, 0) is 24.1 Å². The SMILES string of the molecule is N#Cc1ccc(CCc2cccc(-c3ccc(CC(=O)O)c(F)c3)n2)c(F)c1. The number of hydrogen-bond acceptors (Lipinski definition) is 3. The summed E-state index contributed by atoms with van der Waals surface area (Å²) >= 11 is 0. The van der Waals surface area contributed by atoms with Gasteiger partial charge in [0.05, 0.1) is 23.7 Å². The maximum absolute atomic E-state index is 14.1. The molecule has 0 bridgehead atoms. The number of aryl methyl sites for hydroxylation is 2. The van der Waals surface area contributed by atoms with Crippen LogP contribution >= 0.6 is 0 Å². The molecule has 1 heterocycles. The van der Waals surface area contributed by atoms with Crippen LogP contribution in [0.15, 0.2) is 54.6 Å². The van der Waals surface area contributed by atoms with E-state index < -0.39 is 17.6 Å². The Bertz CT molecular complexity index is 1070. The van der Waals surface area contributed by atoms with Crippen LogP contribution in [0, 0.1) is 23.0 Å². The highest BCUT2D eigenvalue weighted by Crippen LogP contribution is 2.22. The van der Waals surface area contributed by atoms with E-state index in [1.54, 1.807) is 36.4 Å². The predicted molar refractivity (Wildman–Crippen MR) is 99.5 cm³/mol. The molecule has 0 fully saturated rings. The Kier molecular flexibility index (Phi) is 5.75. The Labute approximate surface area is 160 Å². The van der Waals surface area contributed by atoms with Crippen molar-refractivity contribution in [1.29, 1.82) is 5.26 Å². The van der Waals surface area contributed by atoms with Crippen LogP contribution < -0.4 is 0 Å². The second kappa shape index (κ2) is 8.40. The number of halogens is 2. The predicted octanol–water partition coefficient (Wildman–Crippen LogP) is 4.31. The summed E-state index contributed by atoms with van der Waals surface area (Å²) in [6.45, 7) is 0. The zero-order valence-electron chi connectivity index (χ0n) is 14.8. The van der Waals surface area contributed by atoms with Crippen molar-refractivity contribution in [2.24, 2.45) is 0 Å². The average molecular weight is 378 g/mol. The summed E-state index contributed by atoms with van der Waals surface area (Å²) in [7, 11) is 0. The fourth-order valence-corrected chi connectivity index (χ4v) is 2.87. The van der Waals surface area contributed by atoms with Gasteiger partial charge in [0.25, 0.3) is 0 Å². The number of carboxylic acid groups (broad SMARTS) is 1. The van der Waals surface area contributed by atoms with Gasteiger partial charge < -0.3 is 5.11 Å². The first-order chi connectivity index (χ1) is 13.5. The Morgan fingerprint density at radius 3 is 2.43 bits per heavy atom. The lowest BCUT2D eigenvalue weighted by atomic mass is 10.0. The fourth-order valence-electron chi connectivity index (χ4n) is 2.87. The molecule has 6 heteroatoms. The molecule has 0 unspecified atom stereocenters. The molecule has 4 nitrogen and oxygen atoms in total. The van der Waals surface area contributed by atoms with Crippen molar-refractivity contribution in [2.75, 3.05) is 0 Å². The molecule has 0 aliphatic heterocycles. The number of pyridine rings is 1. The molecule has 1 N–H and O–H groups in total. The van der Waals surface area contributed by atoms with Crippen molar-refractivity contribution in [3.8, 4) is 17.3 Å². The minimum Gasteiger partial charge on any atom is -0.481 e. The van der Waals surface area contributed by atoms with Crippen LogP contribution in [0.3, 0.4) is 0 Å². The highest BCUT2D eigenvalue weighted by Gasteiger charge is 2.10. The maximum atomic E-state index is 14.1. The van der Waals surface area contributed by atoms with E-state index in [1.807, 2.05) is 6.07 Å². The third-order valence-electron chi connectivity index (χ3n) is 4.33. The number of aliphatic carboxylic acids is 1. The Balaban J connectivity index is 1.76. The van der Waals surface area contributed by atoms with Gasteiger partial charge in [0.2, 0.25) is 0 Å². The largest absolute Gasteiger partial charge is 0.481 e. The van der Waals surface area contributed by atoms with Crippen molar-refractivity contribution >= 4 is 5.97 Å². The van der Waals surface area contributed by atoms with Gasteiger partial charge in [0.15, 0.2) is 0 Å². The van der Waals surface area contributed by atoms with E-state index in [0.717, 1.165) is 5.69 Å². The molecule has 3 aromatic rings. The number of rotatable bonds is 6. The molecule has 3 rings (SSSR count). The van der Waals surface area contributed by atoms with Gasteiger partial charge in [-0.15, -0.1) is 0 Å². The highest BCUT2D eigenvalue weighted by molar-refractivity contribution is 5.71. The topological polar surface area (TPSA) is 74.0 Å². The summed E-state index contributed by atoms with van der Waals surface area (Å²) in [6, 6.07) is 15.9. The van der Waals surface area contributed by atoms with Crippen LogP contribution in [0.4, 0.5) is 8.78 Å². The standard InChI is InChI=1S/C22H16F2N2O2/c23-19-10-14(13-25)4-5-15(19)8-9-18-2-1-3-21(26-18)17-7-6-16(12-22(27)28)20(24)11-17/h1-7,10-11H,8-9,12H2,(H,27,28). The van der Waals surface area contributed by atoms with E-state index in [-0.39, 0.29) is 17.5 Å². The van der Waals surface area contributed by atoms with Gasteiger partial charge >= 0.3 is 5.97 Å². The Morgan fingerprint density at radius 2 is 1.75 bits per heavy atom. The minimum absolute atomic E-state index is 0.115.